The number of rotatable bonds is 7. The van der Waals surface area contributed by atoms with Crippen molar-refractivity contribution in [3.05, 3.63) is 18.2 Å². The number of benzene rings is 1. The molecule has 1 fully saturated rings. The van der Waals surface area contributed by atoms with E-state index in [0.29, 0.717) is 0 Å². The van der Waals surface area contributed by atoms with Crippen LogP contribution in [0.1, 0.15) is 12.8 Å². The van der Waals surface area contributed by atoms with Crippen LogP contribution in [0.2, 0.25) is 0 Å². The predicted molar refractivity (Wildman–Crippen MR) is 73.8 cm³/mol. The van der Waals surface area contributed by atoms with E-state index in [2.05, 4.69) is 17.3 Å². The van der Waals surface area contributed by atoms with Crippen LogP contribution in [0, 0.1) is 0 Å². The third kappa shape index (κ3) is 3.29. The number of nitrogens with one attached hydrogen (secondary N) is 1. The van der Waals surface area contributed by atoms with Gasteiger partial charge in [-0.05, 0) is 25.0 Å². The van der Waals surface area contributed by atoms with Crippen LogP contribution in [0.25, 0.3) is 0 Å². The number of nitrogens with zero attached hydrogens (tertiary/aromatic N) is 1. The molecule has 1 aromatic rings. The number of hydrogen-bond acceptors (Lipinski definition) is 4. The van der Waals surface area contributed by atoms with E-state index in [1.165, 1.54) is 12.8 Å². The van der Waals surface area contributed by atoms with Gasteiger partial charge in [0.1, 0.15) is 11.5 Å². The van der Waals surface area contributed by atoms with Crippen LogP contribution in [0.15, 0.2) is 18.2 Å². The van der Waals surface area contributed by atoms with E-state index in [9.17, 15) is 0 Å². The zero-order valence-corrected chi connectivity index (χ0v) is 11.4. The average Bonchev–Trinajstić information content (AvgIpc) is 3.22. The van der Waals surface area contributed by atoms with E-state index in [1.54, 1.807) is 14.2 Å². The zero-order chi connectivity index (χ0) is 13.0. The lowest BCUT2D eigenvalue weighted by molar-refractivity contribution is 0.403. The van der Waals surface area contributed by atoms with Crippen LogP contribution in [0.4, 0.5) is 5.69 Å². The van der Waals surface area contributed by atoms with E-state index in [-0.39, 0.29) is 0 Å². The molecule has 0 bridgehead atoms. The fourth-order valence-corrected chi connectivity index (χ4v) is 1.94. The van der Waals surface area contributed by atoms with Gasteiger partial charge in [0.15, 0.2) is 0 Å². The summed E-state index contributed by atoms with van der Waals surface area (Å²) in [5.41, 5.74) is 1.06. The average molecular weight is 250 g/mol. The van der Waals surface area contributed by atoms with Crippen molar-refractivity contribution in [1.82, 2.24) is 5.32 Å². The lowest BCUT2D eigenvalue weighted by Gasteiger charge is -2.22. The fraction of sp³-hybridized carbons (Fsp3) is 0.571. The third-order valence-electron chi connectivity index (χ3n) is 3.25. The fourth-order valence-electron chi connectivity index (χ4n) is 1.94. The lowest BCUT2D eigenvalue weighted by Crippen LogP contribution is -2.30. The van der Waals surface area contributed by atoms with Crippen molar-refractivity contribution < 1.29 is 9.47 Å². The lowest BCUT2D eigenvalue weighted by atomic mass is 10.2. The highest BCUT2D eigenvalue weighted by Gasteiger charge is 2.20. The van der Waals surface area contributed by atoms with Crippen molar-refractivity contribution in [3.8, 4) is 11.5 Å². The Morgan fingerprint density at radius 2 is 2.06 bits per heavy atom. The van der Waals surface area contributed by atoms with Gasteiger partial charge in [0.2, 0.25) is 0 Å². The van der Waals surface area contributed by atoms with Gasteiger partial charge in [-0.3, -0.25) is 0 Å². The summed E-state index contributed by atoms with van der Waals surface area (Å²) in [6.45, 7) is 1.96. The molecule has 1 aromatic carbocycles. The smallest absolute Gasteiger partial charge is 0.142 e. The highest BCUT2D eigenvalue weighted by molar-refractivity contribution is 5.61. The van der Waals surface area contributed by atoms with Gasteiger partial charge in [-0.15, -0.1) is 0 Å². The highest BCUT2D eigenvalue weighted by Crippen LogP contribution is 2.31. The van der Waals surface area contributed by atoms with Crippen molar-refractivity contribution in [2.24, 2.45) is 0 Å². The van der Waals surface area contributed by atoms with E-state index in [1.807, 2.05) is 18.2 Å². The molecule has 1 N–H and O–H groups in total. The molecular weight excluding hydrogens is 228 g/mol. The normalized spacial score (nSPS) is 14.4. The molecule has 0 radical (unpaired) electrons. The number of hydrogen-bond donors (Lipinski definition) is 1. The van der Waals surface area contributed by atoms with Crippen molar-refractivity contribution in [2.45, 2.75) is 18.9 Å². The van der Waals surface area contributed by atoms with Crippen LogP contribution in [0.3, 0.4) is 0 Å². The molecule has 0 aromatic heterocycles. The van der Waals surface area contributed by atoms with Gasteiger partial charge in [-0.25, -0.2) is 0 Å². The van der Waals surface area contributed by atoms with E-state index >= 15 is 0 Å². The minimum absolute atomic E-state index is 0.755. The second-order valence-electron chi connectivity index (χ2n) is 4.69. The molecule has 4 heteroatoms. The van der Waals surface area contributed by atoms with E-state index < -0.39 is 0 Å². The standard InChI is InChI=1S/C14H22N2O2/c1-16(9-8-15-11-4-5-11)13-10-12(17-2)6-7-14(13)18-3/h6-7,10-11,15H,4-5,8-9H2,1-3H3. The largest absolute Gasteiger partial charge is 0.497 e. The maximum Gasteiger partial charge on any atom is 0.142 e. The van der Waals surface area contributed by atoms with E-state index in [0.717, 1.165) is 36.3 Å². The van der Waals surface area contributed by atoms with Gasteiger partial charge in [-0.2, -0.15) is 0 Å². The maximum absolute atomic E-state index is 5.39. The first-order valence-electron chi connectivity index (χ1n) is 6.41. The van der Waals surface area contributed by atoms with Crippen molar-refractivity contribution >= 4 is 5.69 Å². The van der Waals surface area contributed by atoms with Crippen molar-refractivity contribution in [3.63, 3.8) is 0 Å². The van der Waals surface area contributed by atoms with Gasteiger partial charge >= 0.3 is 0 Å². The minimum atomic E-state index is 0.755. The molecule has 4 nitrogen and oxygen atoms in total. The highest BCUT2D eigenvalue weighted by atomic mass is 16.5. The molecule has 1 saturated carbocycles. The Bertz CT molecular complexity index is 391. The predicted octanol–water partition coefficient (Wildman–Crippen LogP) is 1.89. The summed E-state index contributed by atoms with van der Waals surface area (Å²) in [7, 11) is 5.45. The molecule has 2 rings (SSSR count). The monoisotopic (exact) mass is 250 g/mol. The van der Waals surface area contributed by atoms with Gasteiger partial charge in [0.05, 0.1) is 19.9 Å². The van der Waals surface area contributed by atoms with Crippen LogP contribution in [-0.2, 0) is 0 Å². The van der Waals surface area contributed by atoms with Gasteiger partial charge in [0, 0.05) is 32.2 Å². The van der Waals surface area contributed by atoms with Gasteiger partial charge < -0.3 is 19.7 Å². The molecule has 0 spiro atoms. The number of anilines is 1. The number of methoxy groups -OCH3 is 2. The van der Waals surface area contributed by atoms with E-state index in [4.69, 9.17) is 9.47 Å². The summed E-state index contributed by atoms with van der Waals surface area (Å²) in [5, 5.41) is 3.51. The van der Waals surface area contributed by atoms with Crippen LogP contribution in [0.5, 0.6) is 11.5 Å². The quantitative estimate of drug-likeness (QED) is 0.801. The summed E-state index contributed by atoms with van der Waals surface area (Å²) in [4.78, 5) is 2.19. The first-order valence-corrected chi connectivity index (χ1v) is 6.41. The van der Waals surface area contributed by atoms with Crippen molar-refractivity contribution in [2.75, 3.05) is 39.3 Å². The second kappa shape index (κ2) is 5.96. The summed E-state index contributed by atoms with van der Waals surface area (Å²) in [6, 6.07) is 6.62. The van der Waals surface area contributed by atoms with Gasteiger partial charge in [-0.1, -0.05) is 0 Å². The Morgan fingerprint density at radius 3 is 2.67 bits per heavy atom. The Kier molecular flexibility index (Phi) is 4.31. The first kappa shape index (κ1) is 13.0. The van der Waals surface area contributed by atoms with Crippen LogP contribution < -0.4 is 19.7 Å². The second-order valence-corrected chi connectivity index (χ2v) is 4.69. The summed E-state index contributed by atoms with van der Waals surface area (Å²) in [5.74, 6) is 1.73. The molecule has 100 valence electrons. The number of likely N-dealkylation sites (N-methyl/N-ethyl adjacent to an activating group) is 1. The van der Waals surface area contributed by atoms with Crippen LogP contribution in [-0.4, -0.2) is 40.4 Å². The van der Waals surface area contributed by atoms with Crippen molar-refractivity contribution in [1.29, 1.82) is 0 Å². The molecular formula is C14H22N2O2. The summed E-state index contributed by atoms with van der Waals surface area (Å²) in [6.07, 6.45) is 2.65. The summed E-state index contributed by atoms with van der Waals surface area (Å²) >= 11 is 0. The SMILES string of the molecule is COc1ccc(OC)c(N(C)CCNC2CC2)c1. The molecule has 0 heterocycles. The minimum Gasteiger partial charge on any atom is -0.497 e. The van der Waals surface area contributed by atoms with Crippen LogP contribution >= 0.6 is 0 Å². The Morgan fingerprint density at radius 1 is 1.28 bits per heavy atom. The molecule has 1 aliphatic carbocycles. The Hall–Kier alpha value is -1.42. The third-order valence-corrected chi connectivity index (χ3v) is 3.25. The molecule has 0 saturated heterocycles. The molecule has 0 aliphatic heterocycles. The van der Waals surface area contributed by atoms with Gasteiger partial charge in [0.25, 0.3) is 0 Å². The Balaban J connectivity index is 1.98. The summed E-state index contributed by atoms with van der Waals surface area (Å²) < 4.78 is 10.6. The molecule has 18 heavy (non-hydrogen) atoms. The molecule has 0 amide bonds. The first-order chi connectivity index (χ1) is 8.74. The number of ether oxygens (including phenoxy) is 2. The molecule has 1 aliphatic rings. The zero-order valence-electron chi connectivity index (χ0n) is 11.4. The topological polar surface area (TPSA) is 33.7 Å². The molecule has 0 atom stereocenters. The Labute approximate surface area is 109 Å². The molecule has 0 unspecified atom stereocenters. The maximum atomic E-state index is 5.39.